The lowest BCUT2D eigenvalue weighted by atomic mass is 10.1. The number of hydrogen-bond acceptors (Lipinski definition) is 5. The van der Waals surface area contributed by atoms with Gasteiger partial charge in [-0.3, -0.25) is 4.79 Å². The minimum Gasteiger partial charge on any atom is -0.391 e. The van der Waals surface area contributed by atoms with E-state index in [1.165, 1.54) is 0 Å². The van der Waals surface area contributed by atoms with Crippen LogP contribution in [-0.4, -0.2) is 5.91 Å². The Morgan fingerprint density at radius 3 is 2.32 bits per heavy atom. The molecule has 112 valence electrons. The molecule has 0 radical (unpaired) electrons. The van der Waals surface area contributed by atoms with Crippen molar-refractivity contribution in [1.29, 1.82) is 0 Å². The van der Waals surface area contributed by atoms with Crippen molar-refractivity contribution in [3.63, 3.8) is 0 Å². The first-order valence-corrected chi connectivity index (χ1v) is 8.23. The monoisotopic (exact) mass is 337 g/mol. The molecule has 1 atom stereocenters. The summed E-state index contributed by atoms with van der Waals surface area (Å²) in [5.41, 5.74) is 0.853. The van der Waals surface area contributed by atoms with E-state index in [9.17, 15) is 9.36 Å². The number of carbonyl (C=O) groups is 1. The molecule has 6 nitrogen and oxygen atoms in total. The predicted octanol–water partition coefficient (Wildman–Crippen LogP) is 3.63. The van der Waals surface area contributed by atoms with Crippen LogP contribution >= 0.6 is 19.4 Å². The largest absolute Gasteiger partial charge is 0.590 e. The van der Waals surface area contributed by atoms with Crippen LogP contribution in [0, 0.1) is 0 Å². The first-order valence-electron chi connectivity index (χ1n) is 6.39. The fourth-order valence-corrected chi connectivity index (χ4v) is 4.19. The molecule has 0 fully saturated rings. The minimum atomic E-state index is -4.05. The number of alkyl halides is 1. The van der Waals surface area contributed by atoms with E-state index in [1.54, 1.807) is 48.5 Å². The molecule has 0 saturated carbocycles. The van der Waals surface area contributed by atoms with Crippen LogP contribution in [0.15, 0.2) is 48.5 Å². The van der Waals surface area contributed by atoms with Gasteiger partial charge in [-0.05, 0) is 18.2 Å². The molecule has 2 heterocycles. The van der Waals surface area contributed by atoms with Crippen molar-refractivity contribution in [1.82, 2.24) is 0 Å². The third kappa shape index (κ3) is 1.92. The van der Waals surface area contributed by atoms with Gasteiger partial charge >= 0.3 is 7.82 Å². The highest BCUT2D eigenvalue weighted by Crippen LogP contribution is 2.63. The fourth-order valence-electron chi connectivity index (χ4n) is 2.34. The Labute approximate surface area is 130 Å². The van der Waals surface area contributed by atoms with Gasteiger partial charge in [0.25, 0.3) is 11.0 Å². The number of nitrogens with one attached hydrogen (secondary N) is 1. The Hall–Kier alpha value is -2.01. The van der Waals surface area contributed by atoms with Gasteiger partial charge in [0, 0.05) is 11.3 Å². The average molecular weight is 338 g/mol. The van der Waals surface area contributed by atoms with Crippen LogP contribution in [0.5, 0.6) is 11.5 Å². The molecule has 2 aliphatic rings. The summed E-state index contributed by atoms with van der Waals surface area (Å²) >= 11 is 6.30. The highest BCUT2D eigenvalue weighted by molar-refractivity contribution is 7.49. The maximum Gasteiger partial charge on any atom is 0.590 e. The topological polar surface area (TPSA) is 73.9 Å². The van der Waals surface area contributed by atoms with E-state index >= 15 is 0 Å². The zero-order chi connectivity index (χ0) is 15.4. The van der Waals surface area contributed by atoms with Gasteiger partial charge in [0.2, 0.25) is 0 Å². The van der Waals surface area contributed by atoms with E-state index in [2.05, 4.69) is 5.32 Å². The van der Waals surface area contributed by atoms with E-state index in [0.29, 0.717) is 11.3 Å². The predicted molar refractivity (Wildman–Crippen MR) is 79.0 cm³/mol. The number of rotatable bonds is 2. The zero-order valence-electron chi connectivity index (χ0n) is 11.0. The summed E-state index contributed by atoms with van der Waals surface area (Å²) in [6.07, 6.45) is 0. The second kappa shape index (κ2) is 4.49. The number of para-hydroxylation sites is 3. The maximum absolute atomic E-state index is 12.7. The second-order valence-corrected chi connectivity index (χ2v) is 6.74. The number of carbonyl (C=O) groups excluding carboxylic acids is 1. The zero-order valence-corrected chi connectivity index (χ0v) is 12.6. The first-order chi connectivity index (χ1) is 10.5. The van der Waals surface area contributed by atoms with Gasteiger partial charge in [-0.2, -0.15) is 0 Å². The Balaban J connectivity index is 1.70. The van der Waals surface area contributed by atoms with Gasteiger partial charge in [0.1, 0.15) is 0 Å². The Morgan fingerprint density at radius 1 is 1.05 bits per heavy atom. The lowest BCUT2D eigenvalue weighted by molar-refractivity contribution is -0.125. The van der Waals surface area contributed by atoms with Gasteiger partial charge in [0.15, 0.2) is 11.5 Å². The highest BCUT2D eigenvalue weighted by atomic mass is 35.5. The SMILES string of the molecule is O=C1Nc2ccccc2C1(Cl)OP1(=O)Oc2ccccc2O1. The first kappa shape index (κ1) is 13.6. The van der Waals surface area contributed by atoms with Crippen molar-refractivity contribution in [2.24, 2.45) is 0 Å². The lowest BCUT2D eigenvalue weighted by Crippen LogP contribution is -2.31. The molecule has 1 unspecified atom stereocenters. The van der Waals surface area contributed by atoms with Crippen LogP contribution in [0.25, 0.3) is 0 Å². The summed E-state index contributed by atoms with van der Waals surface area (Å²) in [4.78, 5) is 12.2. The van der Waals surface area contributed by atoms with Crippen LogP contribution in [0.1, 0.15) is 5.56 Å². The highest BCUT2D eigenvalue weighted by Gasteiger charge is 2.55. The molecule has 1 amide bonds. The van der Waals surface area contributed by atoms with Crippen LogP contribution in [0.3, 0.4) is 0 Å². The van der Waals surface area contributed by atoms with Crippen LogP contribution in [-0.2, 0) is 18.9 Å². The number of fused-ring (bicyclic) bond motifs is 2. The van der Waals surface area contributed by atoms with Gasteiger partial charge < -0.3 is 14.4 Å². The Morgan fingerprint density at radius 2 is 1.64 bits per heavy atom. The summed E-state index contributed by atoms with van der Waals surface area (Å²) in [6.45, 7) is 0. The number of anilines is 1. The molecule has 2 aromatic carbocycles. The molecule has 8 heteroatoms. The molecule has 0 saturated heterocycles. The molecule has 0 aliphatic carbocycles. The number of phosphoric ester groups is 1. The van der Waals surface area contributed by atoms with Gasteiger partial charge in [-0.15, -0.1) is 0 Å². The Kier molecular flexibility index (Phi) is 2.78. The molecular weight excluding hydrogens is 329 g/mol. The summed E-state index contributed by atoms with van der Waals surface area (Å²) in [5, 5.41) is 0.608. The standard InChI is InChI=1S/C14H9ClNO5P/c15-14(9-5-1-2-6-10(9)16-13(14)17)21-22(18)19-11-7-3-4-8-12(11)20-22/h1-8H,(H,16,17). The maximum atomic E-state index is 12.7. The van der Waals surface area contributed by atoms with Gasteiger partial charge in [-0.25, -0.2) is 9.09 Å². The normalized spacial score (nSPS) is 24.0. The number of amides is 1. The van der Waals surface area contributed by atoms with Gasteiger partial charge in [-0.1, -0.05) is 41.9 Å². The Bertz CT molecular complexity index is 812. The van der Waals surface area contributed by atoms with Crippen molar-refractivity contribution in [3.05, 3.63) is 54.1 Å². The number of benzene rings is 2. The van der Waals surface area contributed by atoms with E-state index in [-0.39, 0.29) is 11.5 Å². The van der Waals surface area contributed by atoms with Gasteiger partial charge in [0.05, 0.1) is 0 Å². The molecule has 22 heavy (non-hydrogen) atoms. The van der Waals surface area contributed by atoms with Crippen molar-refractivity contribution in [2.45, 2.75) is 5.06 Å². The quantitative estimate of drug-likeness (QED) is 0.669. The van der Waals surface area contributed by atoms with Crippen molar-refractivity contribution < 1.29 is 22.9 Å². The minimum absolute atomic E-state index is 0.276. The molecular formula is C14H9ClNO5P. The molecule has 0 aromatic heterocycles. The van der Waals surface area contributed by atoms with Crippen LogP contribution in [0.2, 0.25) is 0 Å². The summed E-state index contributed by atoms with van der Waals surface area (Å²) in [7, 11) is -4.05. The molecule has 2 aliphatic heterocycles. The smallest absolute Gasteiger partial charge is 0.391 e. The van der Waals surface area contributed by atoms with E-state index < -0.39 is 18.8 Å². The summed E-state index contributed by atoms with van der Waals surface area (Å²) in [6, 6.07) is 13.3. The average Bonchev–Trinajstić information content (AvgIpc) is 2.94. The third-order valence-corrected chi connectivity index (χ3v) is 5.22. The van der Waals surface area contributed by atoms with Crippen molar-refractivity contribution >= 4 is 31.0 Å². The third-order valence-electron chi connectivity index (χ3n) is 3.32. The summed E-state index contributed by atoms with van der Waals surface area (Å²) in [5.74, 6) is -0.0932. The second-order valence-electron chi connectivity index (χ2n) is 4.76. The van der Waals surface area contributed by atoms with E-state index in [4.69, 9.17) is 25.2 Å². The van der Waals surface area contributed by atoms with Crippen LogP contribution in [0.4, 0.5) is 5.69 Å². The molecule has 0 spiro atoms. The van der Waals surface area contributed by atoms with Crippen molar-refractivity contribution in [2.75, 3.05) is 5.32 Å². The van der Waals surface area contributed by atoms with Crippen LogP contribution < -0.4 is 14.4 Å². The number of halogens is 1. The number of hydrogen-bond donors (Lipinski definition) is 1. The number of phosphoric acid groups is 1. The van der Waals surface area contributed by atoms with E-state index in [1.807, 2.05) is 0 Å². The molecule has 0 bridgehead atoms. The molecule has 4 rings (SSSR count). The molecule has 2 aromatic rings. The lowest BCUT2D eigenvalue weighted by Gasteiger charge is -2.21. The van der Waals surface area contributed by atoms with Crippen molar-refractivity contribution in [3.8, 4) is 11.5 Å². The van der Waals surface area contributed by atoms with E-state index in [0.717, 1.165) is 0 Å². The fraction of sp³-hybridized carbons (Fsp3) is 0.0714. The summed E-state index contributed by atoms with van der Waals surface area (Å²) < 4.78 is 28.5. The molecule has 1 N–H and O–H groups in total.